The van der Waals surface area contributed by atoms with E-state index in [0.717, 1.165) is 127 Å². The number of furan rings is 3. The van der Waals surface area contributed by atoms with Gasteiger partial charge in [-0.2, -0.15) is 0 Å². The van der Waals surface area contributed by atoms with Gasteiger partial charge in [-0.15, -0.1) is 0 Å². The van der Waals surface area contributed by atoms with Gasteiger partial charge in [-0.3, -0.25) is 0 Å². The van der Waals surface area contributed by atoms with E-state index in [1.54, 1.807) is 0 Å². The molecule has 3 aromatic heterocycles. The largest absolute Gasteiger partial charge is 0.455 e. The molecule has 0 amide bonds. The summed E-state index contributed by atoms with van der Waals surface area (Å²) < 4.78 is 20.1. The van der Waals surface area contributed by atoms with Gasteiger partial charge >= 0.3 is 0 Å². The number of hydrogen-bond donors (Lipinski definition) is 0. The number of para-hydroxylation sites is 6. The number of nitrogens with zero attached hydrogens (tertiary/aromatic N) is 1. The average molecular weight is 1060 g/mol. The van der Waals surface area contributed by atoms with E-state index < -0.39 is 5.41 Å². The second kappa shape index (κ2) is 18.6. The van der Waals surface area contributed by atoms with E-state index in [-0.39, 0.29) is 0 Å². The molecule has 0 spiro atoms. The van der Waals surface area contributed by atoms with Gasteiger partial charge in [0.05, 0.1) is 5.41 Å². The van der Waals surface area contributed by atoms with Crippen molar-refractivity contribution in [2.45, 2.75) is 5.41 Å². The Bertz CT molecular complexity index is 4980. The summed E-state index contributed by atoms with van der Waals surface area (Å²) in [6, 6.07) is 107. The van der Waals surface area contributed by atoms with Crippen LogP contribution >= 0.6 is 0 Å². The minimum atomic E-state index is -0.464. The first kappa shape index (κ1) is 46.9. The lowest BCUT2D eigenvalue weighted by Crippen LogP contribution is -2.28. The molecule has 1 aliphatic carbocycles. The van der Waals surface area contributed by atoms with Gasteiger partial charge in [-0.1, -0.05) is 249 Å². The maximum absolute atomic E-state index is 7.11. The highest BCUT2D eigenvalue weighted by Gasteiger charge is 2.45. The van der Waals surface area contributed by atoms with Gasteiger partial charge in [-0.25, -0.2) is 0 Å². The molecule has 0 fully saturated rings. The minimum absolute atomic E-state index is 0.464. The number of benzene rings is 13. The molecular weight excluding hydrogens is 1010 g/mol. The summed E-state index contributed by atoms with van der Waals surface area (Å²) in [5.74, 6) is 0. The monoisotopic (exact) mass is 1060 g/mol. The van der Waals surface area contributed by atoms with Crippen molar-refractivity contribution in [1.29, 1.82) is 0 Å². The molecule has 0 atom stereocenters. The van der Waals surface area contributed by atoms with E-state index in [9.17, 15) is 0 Å². The third kappa shape index (κ3) is 7.19. The molecule has 0 unspecified atom stereocenters. The standard InChI is InChI=1S/C79H49NO3/c1-2-16-54(17-3-1)79(71-30-8-4-18-63(71)64-19-5-9-31-72(64)79)55-42-34-50(35-43-55)61-24-14-28-69-70-29-15-25-62(78(70)83-77(61)69)53-40-48-58(49-41-53)80(56-44-36-51(37-45-56)59-22-12-26-67-65-20-6-10-32-73(65)81-75(59)67)57-46-38-52(39-47-57)60-23-13-27-68-66-21-7-11-33-74(66)82-76(60)68/h1-49H. The fourth-order valence-corrected chi connectivity index (χ4v) is 13.7. The third-order valence-electron chi connectivity index (χ3n) is 17.4. The predicted molar refractivity (Wildman–Crippen MR) is 342 cm³/mol. The van der Waals surface area contributed by atoms with E-state index in [1.807, 2.05) is 24.3 Å². The number of hydrogen-bond acceptors (Lipinski definition) is 4. The fraction of sp³-hybridized carbons (Fsp3) is 0.0127. The second-order valence-corrected chi connectivity index (χ2v) is 21.8. The first-order chi connectivity index (χ1) is 41.2. The molecule has 0 N–H and O–H groups in total. The van der Waals surface area contributed by atoms with Crippen molar-refractivity contribution in [2.24, 2.45) is 0 Å². The fourth-order valence-electron chi connectivity index (χ4n) is 13.7. The van der Waals surface area contributed by atoms with Gasteiger partial charge < -0.3 is 18.2 Å². The number of anilines is 3. The molecule has 0 bridgehead atoms. The molecule has 0 saturated heterocycles. The Morgan fingerprint density at radius 3 is 0.940 bits per heavy atom. The van der Waals surface area contributed by atoms with Gasteiger partial charge in [0, 0.05) is 71.6 Å². The lowest BCUT2D eigenvalue weighted by Gasteiger charge is -2.34. The van der Waals surface area contributed by atoms with Crippen LogP contribution in [0.4, 0.5) is 17.1 Å². The maximum atomic E-state index is 7.11. The molecule has 0 radical (unpaired) electrons. The van der Waals surface area contributed by atoms with E-state index in [1.165, 1.54) is 33.4 Å². The van der Waals surface area contributed by atoms with Crippen LogP contribution in [0.25, 0.3) is 121 Å². The highest BCUT2D eigenvalue weighted by atomic mass is 16.3. The zero-order valence-corrected chi connectivity index (χ0v) is 45.0. The van der Waals surface area contributed by atoms with Crippen molar-refractivity contribution in [1.82, 2.24) is 0 Å². The van der Waals surface area contributed by atoms with Crippen LogP contribution in [0.2, 0.25) is 0 Å². The summed E-state index contributed by atoms with van der Waals surface area (Å²) in [4.78, 5) is 2.33. The van der Waals surface area contributed by atoms with Gasteiger partial charge in [0.15, 0.2) is 0 Å². The molecular formula is C79H49NO3. The molecule has 0 saturated carbocycles. The lowest BCUT2D eigenvalue weighted by atomic mass is 9.67. The third-order valence-corrected chi connectivity index (χ3v) is 17.4. The van der Waals surface area contributed by atoms with Crippen LogP contribution in [-0.4, -0.2) is 0 Å². The van der Waals surface area contributed by atoms with Crippen LogP contribution in [0.1, 0.15) is 22.3 Å². The highest BCUT2D eigenvalue weighted by molar-refractivity contribution is 6.14. The van der Waals surface area contributed by atoms with Gasteiger partial charge in [0.25, 0.3) is 0 Å². The SMILES string of the molecule is c1ccc(C2(c3ccc(-c4cccc5c4oc4c(-c6ccc(N(c7ccc(-c8cccc9c8oc8ccccc89)cc7)c7ccc(-c8cccc9c8oc8ccccc89)cc7)cc6)cccc45)cc3)c3ccccc3-c3ccccc32)cc1. The normalized spacial score (nSPS) is 12.7. The first-order valence-electron chi connectivity index (χ1n) is 28.4. The van der Waals surface area contributed by atoms with Crippen LogP contribution in [0, 0.1) is 0 Å². The topological polar surface area (TPSA) is 42.7 Å². The Morgan fingerprint density at radius 2 is 0.518 bits per heavy atom. The Labute approximate surface area is 479 Å². The maximum Gasteiger partial charge on any atom is 0.143 e. The Morgan fingerprint density at radius 1 is 0.217 bits per heavy atom. The number of fused-ring (bicyclic) bond motifs is 12. The molecule has 4 heteroatoms. The zero-order valence-electron chi connectivity index (χ0n) is 45.0. The van der Waals surface area contributed by atoms with Crippen LogP contribution in [-0.2, 0) is 5.41 Å². The van der Waals surface area contributed by atoms with E-state index in [2.05, 4.69) is 278 Å². The summed E-state index contributed by atoms with van der Waals surface area (Å²) in [5.41, 5.74) is 24.1. The zero-order chi connectivity index (χ0) is 54.6. The summed E-state index contributed by atoms with van der Waals surface area (Å²) in [5, 5.41) is 6.64. The Hall–Kier alpha value is -10.9. The van der Waals surface area contributed by atoms with Crippen molar-refractivity contribution < 1.29 is 13.3 Å². The van der Waals surface area contributed by atoms with Gasteiger partial charge in [-0.05, 0) is 104 Å². The summed E-state index contributed by atoms with van der Waals surface area (Å²) in [6.45, 7) is 0. The Balaban J connectivity index is 0.741. The van der Waals surface area contributed by atoms with Crippen LogP contribution in [0.15, 0.2) is 311 Å². The van der Waals surface area contributed by atoms with E-state index in [4.69, 9.17) is 13.3 Å². The predicted octanol–water partition coefficient (Wildman–Crippen LogP) is 21.9. The molecule has 3 heterocycles. The average Bonchev–Trinajstić information content (AvgIpc) is 3.36. The molecule has 4 nitrogen and oxygen atoms in total. The molecule has 13 aromatic carbocycles. The molecule has 1 aliphatic rings. The van der Waals surface area contributed by atoms with Gasteiger partial charge in [0.2, 0.25) is 0 Å². The van der Waals surface area contributed by atoms with Crippen LogP contribution < -0.4 is 4.90 Å². The molecule has 17 rings (SSSR count). The van der Waals surface area contributed by atoms with E-state index >= 15 is 0 Å². The van der Waals surface area contributed by atoms with Gasteiger partial charge in [0.1, 0.15) is 33.5 Å². The summed E-state index contributed by atoms with van der Waals surface area (Å²) >= 11 is 0. The first-order valence-corrected chi connectivity index (χ1v) is 28.4. The van der Waals surface area contributed by atoms with Crippen LogP contribution in [0.3, 0.4) is 0 Å². The second-order valence-electron chi connectivity index (χ2n) is 21.8. The Kier molecular flexibility index (Phi) is 10.5. The summed E-state index contributed by atoms with van der Waals surface area (Å²) in [7, 11) is 0. The van der Waals surface area contributed by atoms with Crippen LogP contribution in [0.5, 0.6) is 0 Å². The molecule has 0 aliphatic heterocycles. The van der Waals surface area contributed by atoms with Crippen molar-refractivity contribution in [3.63, 3.8) is 0 Å². The van der Waals surface area contributed by atoms with E-state index in [0.29, 0.717) is 0 Å². The van der Waals surface area contributed by atoms with Crippen molar-refractivity contribution >= 4 is 82.9 Å². The smallest absolute Gasteiger partial charge is 0.143 e. The molecule has 16 aromatic rings. The number of rotatable bonds is 9. The van der Waals surface area contributed by atoms with Crippen molar-refractivity contribution in [3.05, 3.63) is 320 Å². The highest BCUT2D eigenvalue weighted by Crippen LogP contribution is 2.56. The molecule has 83 heavy (non-hydrogen) atoms. The van der Waals surface area contributed by atoms with Crippen molar-refractivity contribution in [2.75, 3.05) is 4.90 Å². The molecule has 388 valence electrons. The van der Waals surface area contributed by atoms with Crippen molar-refractivity contribution in [3.8, 4) is 55.6 Å². The summed E-state index contributed by atoms with van der Waals surface area (Å²) in [6.07, 6.45) is 0. The lowest BCUT2D eigenvalue weighted by molar-refractivity contribution is 0.669. The quantitative estimate of drug-likeness (QED) is 0.144. The minimum Gasteiger partial charge on any atom is -0.455 e.